The first-order valence-corrected chi connectivity index (χ1v) is 3.99. The molecule has 0 amide bonds. The second kappa shape index (κ2) is 2.50. The fourth-order valence-electron chi connectivity index (χ4n) is 1.59. The van der Waals surface area contributed by atoms with Crippen LogP contribution in [0.15, 0.2) is 24.3 Å². The Labute approximate surface area is 75.0 Å². The monoisotopic (exact) mass is 176 g/mol. The molecular formula is C10H8O3. The van der Waals surface area contributed by atoms with Crippen molar-refractivity contribution in [3.63, 3.8) is 0 Å². The highest BCUT2D eigenvalue weighted by atomic mass is 16.3. The minimum absolute atomic E-state index is 0.103. The summed E-state index contributed by atoms with van der Waals surface area (Å²) in [5, 5.41) is 9.57. The zero-order chi connectivity index (χ0) is 9.47. The van der Waals surface area contributed by atoms with Gasteiger partial charge in [0.15, 0.2) is 11.9 Å². The molecule has 1 atom stereocenters. The van der Waals surface area contributed by atoms with E-state index in [2.05, 4.69) is 0 Å². The van der Waals surface area contributed by atoms with Crippen molar-refractivity contribution in [1.82, 2.24) is 0 Å². The SMILES string of the molecule is O=CC1(O)Cc2ccccc2C1=O. The van der Waals surface area contributed by atoms with Gasteiger partial charge in [0.05, 0.1) is 0 Å². The maximum absolute atomic E-state index is 11.5. The lowest BCUT2D eigenvalue weighted by Crippen LogP contribution is -2.37. The molecule has 1 N–H and O–H groups in total. The predicted molar refractivity (Wildman–Crippen MR) is 45.5 cm³/mol. The third-order valence-electron chi connectivity index (χ3n) is 2.31. The average molecular weight is 176 g/mol. The van der Waals surface area contributed by atoms with Gasteiger partial charge in [-0.3, -0.25) is 9.59 Å². The van der Waals surface area contributed by atoms with Crippen LogP contribution in [0, 0.1) is 0 Å². The maximum atomic E-state index is 11.5. The predicted octanol–water partition coefficient (Wildman–Crippen LogP) is 0.355. The zero-order valence-electron chi connectivity index (χ0n) is 6.86. The summed E-state index contributed by atoms with van der Waals surface area (Å²) in [6, 6.07) is 6.86. The van der Waals surface area contributed by atoms with Crippen LogP contribution in [0.5, 0.6) is 0 Å². The number of aldehydes is 1. The van der Waals surface area contributed by atoms with E-state index in [1.54, 1.807) is 24.3 Å². The number of hydrogen-bond acceptors (Lipinski definition) is 3. The highest BCUT2D eigenvalue weighted by Gasteiger charge is 2.43. The summed E-state index contributed by atoms with van der Waals surface area (Å²) in [7, 11) is 0. The lowest BCUT2D eigenvalue weighted by atomic mass is 10.0. The van der Waals surface area contributed by atoms with Crippen molar-refractivity contribution in [3.8, 4) is 0 Å². The van der Waals surface area contributed by atoms with E-state index in [0.717, 1.165) is 5.56 Å². The molecule has 0 saturated heterocycles. The quantitative estimate of drug-likeness (QED) is 0.496. The molecule has 1 aromatic carbocycles. The van der Waals surface area contributed by atoms with Crippen molar-refractivity contribution < 1.29 is 14.7 Å². The molecule has 0 aromatic heterocycles. The Bertz CT molecular complexity index is 384. The standard InChI is InChI=1S/C10H8O3/c11-6-10(13)5-7-3-1-2-4-8(7)9(10)12/h1-4,6,13H,5H2. The Kier molecular flexibility index (Phi) is 1.57. The number of Topliss-reactive ketones (excluding diaryl/α,β-unsaturated/α-hetero) is 1. The van der Waals surface area contributed by atoms with Gasteiger partial charge in [-0.1, -0.05) is 24.3 Å². The van der Waals surface area contributed by atoms with E-state index < -0.39 is 11.4 Å². The molecular weight excluding hydrogens is 168 g/mol. The Balaban J connectivity index is 2.55. The Morgan fingerprint density at radius 3 is 2.69 bits per heavy atom. The molecule has 66 valence electrons. The lowest BCUT2D eigenvalue weighted by molar-refractivity contribution is -0.119. The topological polar surface area (TPSA) is 54.4 Å². The molecule has 0 radical (unpaired) electrons. The Morgan fingerprint density at radius 1 is 1.38 bits per heavy atom. The minimum atomic E-state index is -1.82. The molecule has 3 heteroatoms. The number of aliphatic hydroxyl groups is 1. The molecule has 3 nitrogen and oxygen atoms in total. The van der Waals surface area contributed by atoms with Crippen LogP contribution in [0.4, 0.5) is 0 Å². The second-order valence-electron chi connectivity index (χ2n) is 3.21. The first-order chi connectivity index (χ1) is 6.17. The van der Waals surface area contributed by atoms with Crippen molar-refractivity contribution >= 4 is 12.1 Å². The van der Waals surface area contributed by atoms with E-state index >= 15 is 0 Å². The van der Waals surface area contributed by atoms with Crippen LogP contribution in [-0.2, 0) is 11.2 Å². The molecule has 2 rings (SSSR count). The van der Waals surface area contributed by atoms with Crippen LogP contribution >= 0.6 is 0 Å². The van der Waals surface area contributed by atoms with Gasteiger partial charge in [0, 0.05) is 12.0 Å². The third kappa shape index (κ3) is 1.01. The van der Waals surface area contributed by atoms with Gasteiger partial charge in [0.25, 0.3) is 0 Å². The Hall–Kier alpha value is -1.48. The molecule has 1 aliphatic carbocycles. The second-order valence-corrected chi connectivity index (χ2v) is 3.21. The normalized spacial score (nSPS) is 25.8. The van der Waals surface area contributed by atoms with Crippen molar-refractivity contribution in [2.45, 2.75) is 12.0 Å². The number of carbonyl (C=O) groups excluding carboxylic acids is 2. The molecule has 0 fully saturated rings. The maximum Gasteiger partial charge on any atom is 0.202 e. The van der Waals surface area contributed by atoms with Crippen LogP contribution in [0.3, 0.4) is 0 Å². The van der Waals surface area contributed by atoms with E-state index in [0.29, 0.717) is 11.8 Å². The molecule has 0 bridgehead atoms. The summed E-state index contributed by atoms with van der Waals surface area (Å²) < 4.78 is 0. The summed E-state index contributed by atoms with van der Waals surface area (Å²) in [4.78, 5) is 22.0. The molecule has 13 heavy (non-hydrogen) atoms. The highest BCUT2D eigenvalue weighted by Crippen LogP contribution is 2.28. The summed E-state index contributed by atoms with van der Waals surface area (Å²) in [6.45, 7) is 0. The zero-order valence-corrected chi connectivity index (χ0v) is 6.86. The van der Waals surface area contributed by atoms with E-state index in [4.69, 9.17) is 0 Å². The van der Waals surface area contributed by atoms with Gasteiger partial charge in [-0.05, 0) is 5.56 Å². The van der Waals surface area contributed by atoms with Crippen LogP contribution < -0.4 is 0 Å². The average Bonchev–Trinajstić information content (AvgIpc) is 2.41. The molecule has 1 unspecified atom stereocenters. The van der Waals surface area contributed by atoms with Crippen LogP contribution in [0.2, 0.25) is 0 Å². The number of benzene rings is 1. The van der Waals surface area contributed by atoms with Gasteiger partial charge < -0.3 is 5.11 Å². The third-order valence-corrected chi connectivity index (χ3v) is 2.31. The van der Waals surface area contributed by atoms with Gasteiger partial charge in [0.2, 0.25) is 5.78 Å². The number of fused-ring (bicyclic) bond motifs is 1. The first kappa shape index (κ1) is 8.13. The number of ketones is 1. The molecule has 0 spiro atoms. The summed E-state index contributed by atoms with van der Waals surface area (Å²) in [6.07, 6.45) is 0.417. The smallest absolute Gasteiger partial charge is 0.202 e. The summed E-state index contributed by atoms with van der Waals surface area (Å²) >= 11 is 0. The molecule has 1 aromatic rings. The van der Waals surface area contributed by atoms with Gasteiger partial charge in [0.1, 0.15) is 0 Å². The number of rotatable bonds is 1. The van der Waals surface area contributed by atoms with Crippen LogP contribution in [0.1, 0.15) is 15.9 Å². The van der Waals surface area contributed by atoms with Gasteiger partial charge in [-0.2, -0.15) is 0 Å². The number of carbonyl (C=O) groups is 2. The lowest BCUT2D eigenvalue weighted by Gasteiger charge is -2.09. The van der Waals surface area contributed by atoms with Crippen molar-refractivity contribution in [2.24, 2.45) is 0 Å². The summed E-state index contributed by atoms with van der Waals surface area (Å²) in [5.41, 5.74) is -0.622. The summed E-state index contributed by atoms with van der Waals surface area (Å²) in [5.74, 6) is -0.488. The van der Waals surface area contributed by atoms with Gasteiger partial charge in [-0.25, -0.2) is 0 Å². The highest BCUT2D eigenvalue weighted by molar-refractivity contribution is 6.15. The number of hydrogen-bond donors (Lipinski definition) is 1. The Morgan fingerprint density at radius 2 is 2.08 bits per heavy atom. The minimum Gasteiger partial charge on any atom is -0.374 e. The van der Waals surface area contributed by atoms with Gasteiger partial charge >= 0.3 is 0 Å². The molecule has 0 heterocycles. The molecule has 0 aliphatic heterocycles. The van der Waals surface area contributed by atoms with E-state index in [1.165, 1.54) is 0 Å². The van der Waals surface area contributed by atoms with E-state index in [1.807, 2.05) is 0 Å². The fraction of sp³-hybridized carbons (Fsp3) is 0.200. The van der Waals surface area contributed by atoms with E-state index in [-0.39, 0.29) is 6.42 Å². The van der Waals surface area contributed by atoms with Crippen molar-refractivity contribution in [2.75, 3.05) is 0 Å². The van der Waals surface area contributed by atoms with Crippen LogP contribution in [-0.4, -0.2) is 22.8 Å². The molecule has 0 saturated carbocycles. The molecule has 1 aliphatic rings. The van der Waals surface area contributed by atoms with E-state index in [9.17, 15) is 14.7 Å². The largest absolute Gasteiger partial charge is 0.374 e. The fourth-order valence-corrected chi connectivity index (χ4v) is 1.59. The van der Waals surface area contributed by atoms with Gasteiger partial charge in [-0.15, -0.1) is 0 Å². The van der Waals surface area contributed by atoms with Crippen LogP contribution in [0.25, 0.3) is 0 Å². The van der Waals surface area contributed by atoms with Crippen molar-refractivity contribution in [3.05, 3.63) is 35.4 Å². The first-order valence-electron chi connectivity index (χ1n) is 3.99. The van der Waals surface area contributed by atoms with Crippen molar-refractivity contribution in [1.29, 1.82) is 0 Å².